The van der Waals surface area contributed by atoms with Gasteiger partial charge in [-0.05, 0) is 47.9 Å². The van der Waals surface area contributed by atoms with Crippen LogP contribution in [0.25, 0.3) is 11.1 Å². The van der Waals surface area contributed by atoms with E-state index in [1.54, 1.807) is 20.3 Å². The molecule has 2 aromatic carbocycles. The Morgan fingerprint density at radius 1 is 0.889 bits per heavy atom. The lowest BCUT2D eigenvalue weighted by molar-refractivity contribution is 0.355. The van der Waals surface area contributed by atoms with Crippen molar-refractivity contribution in [1.29, 1.82) is 0 Å². The summed E-state index contributed by atoms with van der Waals surface area (Å²) >= 11 is 0. The lowest BCUT2D eigenvalue weighted by atomic mass is 10.00. The van der Waals surface area contributed by atoms with E-state index in [0.29, 0.717) is 11.5 Å². The summed E-state index contributed by atoms with van der Waals surface area (Å²) in [5.41, 5.74) is 2.78. The molecule has 2 aromatic rings. The van der Waals surface area contributed by atoms with Crippen LogP contribution in [0.5, 0.6) is 11.5 Å². The maximum absolute atomic E-state index is 13.3. The van der Waals surface area contributed by atoms with E-state index in [-0.39, 0.29) is 5.82 Å². The third kappa shape index (κ3) is 2.30. The first kappa shape index (κ1) is 12.4. The molecular formula is C15H15FO2. The average Bonchev–Trinajstić information content (AvgIpc) is 2.40. The van der Waals surface area contributed by atoms with Crippen LogP contribution in [0.4, 0.5) is 4.39 Å². The Morgan fingerprint density at radius 2 is 1.61 bits per heavy atom. The molecule has 0 unspecified atom stereocenters. The first-order valence-electron chi connectivity index (χ1n) is 5.64. The Labute approximate surface area is 106 Å². The summed E-state index contributed by atoms with van der Waals surface area (Å²) in [6.45, 7) is 1.95. The van der Waals surface area contributed by atoms with Crippen molar-refractivity contribution in [2.75, 3.05) is 14.2 Å². The first-order chi connectivity index (χ1) is 8.65. The van der Waals surface area contributed by atoms with Crippen LogP contribution in [0.1, 0.15) is 5.56 Å². The standard InChI is InChI=1S/C15H15FO2/c1-10-4-6-12(16)9-13(10)11-5-7-14(17-2)15(8-11)18-3/h4-9H,1-3H3. The molecule has 18 heavy (non-hydrogen) atoms. The highest BCUT2D eigenvalue weighted by Gasteiger charge is 2.08. The molecule has 0 aliphatic rings. The van der Waals surface area contributed by atoms with E-state index >= 15 is 0 Å². The van der Waals surface area contributed by atoms with Crippen molar-refractivity contribution in [2.24, 2.45) is 0 Å². The van der Waals surface area contributed by atoms with Crippen molar-refractivity contribution in [3.8, 4) is 22.6 Å². The van der Waals surface area contributed by atoms with E-state index in [0.717, 1.165) is 16.7 Å². The molecule has 0 saturated heterocycles. The van der Waals surface area contributed by atoms with Crippen LogP contribution >= 0.6 is 0 Å². The van der Waals surface area contributed by atoms with E-state index in [2.05, 4.69) is 0 Å². The molecule has 2 rings (SSSR count). The second-order valence-corrected chi connectivity index (χ2v) is 4.03. The van der Waals surface area contributed by atoms with Crippen molar-refractivity contribution in [1.82, 2.24) is 0 Å². The molecule has 0 bridgehead atoms. The van der Waals surface area contributed by atoms with Gasteiger partial charge in [0.2, 0.25) is 0 Å². The zero-order valence-electron chi connectivity index (χ0n) is 10.7. The fourth-order valence-electron chi connectivity index (χ4n) is 1.91. The Kier molecular flexibility index (Phi) is 3.51. The van der Waals surface area contributed by atoms with E-state index in [9.17, 15) is 4.39 Å². The van der Waals surface area contributed by atoms with E-state index in [1.807, 2.05) is 25.1 Å². The van der Waals surface area contributed by atoms with Crippen molar-refractivity contribution in [3.05, 3.63) is 47.8 Å². The number of hydrogen-bond acceptors (Lipinski definition) is 2. The number of halogens is 1. The van der Waals surface area contributed by atoms with Crippen LogP contribution in [0, 0.1) is 12.7 Å². The minimum absolute atomic E-state index is 0.245. The first-order valence-corrected chi connectivity index (χ1v) is 5.64. The maximum atomic E-state index is 13.3. The molecule has 0 heterocycles. The Balaban J connectivity index is 2.54. The molecule has 0 aliphatic carbocycles. The number of hydrogen-bond donors (Lipinski definition) is 0. The van der Waals surface area contributed by atoms with E-state index in [1.165, 1.54) is 12.1 Å². The summed E-state index contributed by atoms with van der Waals surface area (Å²) in [4.78, 5) is 0. The molecule has 0 amide bonds. The third-order valence-electron chi connectivity index (χ3n) is 2.89. The largest absolute Gasteiger partial charge is 0.493 e. The highest BCUT2D eigenvalue weighted by atomic mass is 19.1. The minimum atomic E-state index is -0.245. The minimum Gasteiger partial charge on any atom is -0.493 e. The zero-order chi connectivity index (χ0) is 13.1. The molecule has 0 N–H and O–H groups in total. The predicted octanol–water partition coefficient (Wildman–Crippen LogP) is 3.82. The SMILES string of the molecule is COc1ccc(-c2cc(F)ccc2C)cc1OC. The summed E-state index contributed by atoms with van der Waals surface area (Å²) in [7, 11) is 3.17. The number of ether oxygens (including phenoxy) is 2. The molecular weight excluding hydrogens is 231 g/mol. The highest BCUT2D eigenvalue weighted by molar-refractivity contribution is 5.70. The van der Waals surface area contributed by atoms with Crippen LogP contribution in [0.15, 0.2) is 36.4 Å². The summed E-state index contributed by atoms with van der Waals surface area (Å²) in [6.07, 6.45) is 0. The third-order valence-corrected chi connectivity index (χ3v) is 2.89. The lowest BCUT2D eigenvalue weighted by Gasteiger charge is -2.11. The fourth-order valence-corrected chi connectivity index (χ4v) is 1.91. The van der Waals surface area contributed by atoms with Crippen molar-refractivity contribution < 1.29 is 13.9 Å². The van der Waals surface area contributed by atoms with Gasteiger partial charge in [0.05, 0.1) is 14.2 Å². The average molecular weight is 246 g/mol. The maximum Gasteiger partial charge on any atom is 0.161 e. The van der Waals surface area contributed by atoms with Gasteiger partial charge in [-0.1, -0.05) is 12.1 Å². The number of methoxy groups -OCH3 is 2. The van der Waals surface area contributed by atoms with Gasteiger partial charge < -0.3 is 9.47 Å². The van der Waals surface area contributed by atoms with Gasteiger partial charge in [-0.3, -0.25) is 0 Å². The van der Waals surface area contributed by atoms with Gasteiger partial charge >= 0.3 is 0 Å². The monoisotopic (exact) mass is 246 g/mol. The number of benzene rings is 2. The highest BCUT2D eigenvalue weighted by Crippen LogP contribution is 2.33. The summed E-state index contributed by atoms with van der Waals surface area (Å²) in [6, 6.07) is 10.3. The van der Waals surface area contributed by atoms with Crippen molar-refractivity contribution in [3.63, 3.8) is 0 Å². The Bertz CT molecular complexity index is 564. The number of rotatable bonds is 3. The van der Waals surface area contributed by atoms with Crippen molar-refractivity contribution >= 4 is 0 Å². The smallest absolute Gasteiger partial charge is 0.161 e. The lowest BCUT2D eigenvalue weighted by Crippen LogP contribution is -1.92. The normalized spacial score (nSPS) is 10.2. The van der Waals surface area contributed by atoms with Gasteiger partial charge in [-0.15, -0.1) is 0 Å². The van der Waals surface area contributed by atoms with Gasteiger partial charge in [0.25, 0.3) is 0 Å². The van der Waals surface area contributed by atoms with Crippen molar-refractivity contribution in [2.45, 2.75) is 6.92 Å². The summed E-state index contributed by atoms with van der Waals surface area (Å²) in [5.74, 6) is 1.05. The quantitative estimate of drug-likeness (QED) is 0.819. The summed E-state index contributed by atoms with van der Waals surface area (Å²) in [5, 5.41) is 0. The molecule has 0 radical (unpaired) electrons. The van der Waals surface area contributed by atoms with E-state index in [4.69, 9.17) is 9.47 Å². The van der Waals surface area contributed by atoms with Gasteiger partial charge in [-0.2, -0.15) is 0 Å². The molecule has 0 atom stereocenters. The molecule has 2 nitrogen and oxygen atoms in total. The molecule has 94 valence electrons. The van der Waals surface area contributed by atoms with Gasteiger partial charge in [0, 0.05) is 0 Å². The Morgan fingerprint density at radius 3 is 2.28 bits per heavy atom. The molecule has 0 aromatic heterocycles. The molecule has 3 heteroatoms. The van der Waals surface area contributed by atoms with Crippen LogP contribution in [0.3, 0.4) is 0 Å². The molecule has 0 aliphatic heterocycles. The van der Waals surface area contributed by atoms with Crippen LogP contribution in [0.2, 0.25) is 0 Å². The fraction of sp³-hybridized carbons (Fsp3) is 0.200. The second kappa shape index (κ2) is 5.08. The molecule has 0 spiro atoms. The van der Waals surface area contributed by atoms with Gasteiger partial charge in [0.1, 0.15) is 5.82 Å². The predicted molar refractivity (Wildman–Crippen MR) is 69.7 cm³/mol. The molecule has 0 saturated carbocycles. The summed E-state index contributed by atoms with van der Waals surface area (Å²) < 4.78 is 23.7. The van der Waals surface area contributed by atoms with Crippen LogP contribution in [-0.2, 0) is 0 Å². The zero-order valence-corrected chi connectivity index (χ0v) is 10.7. The second-order valence-electron chi connectivity index (χ2n) is 4.03. The number of aryl methyl sites for hydroxylation is 1. The Hall–Kier alpha value is -2.03. The van der Waals surface area contributed by atoms with Gasteiger partial charge in [-0.25, -0.2) is 4.39 Å². The van der Waals surface area contributed by atoms with Crippen LogP contribution in [-0.4, -0.2) is 14.2 Å². The topological polar surface area (TPSA) is 18.5 Å². The van der Waals surface area contributed by atoms with E-state index < -0.39 is 0 Å². The van der Waals surface area contributed by atoms with Gasteiger partial charge in [0.15, 0.2) is 11.5 Å². The van der Waals surface area contributed by atoms with Crippen LogP contribution < -0.4 is 9.47 Å². The molecule has 0 fully saturated rings.